The second-order valence-electron chi connectivity index (χ2n) is 6.28. The third-order valence-electron chi connectivity index (χ3n) is 3.50. The van der Waals surface area contributed by atoms with Crippen LogP contribution in [0.1, 0.15) is 32.8 Å². The summed E-state index contributed by atoms with van der Waals surface area (Å²) < 4.78 is 15.0. The zero-order valence-electron chi connectivity index (χ0n) is 15.9. The fourth-order valence-corrected chi connectivity index (χ4v) is 2.18. The summed E-state index contributed by atoms with van der Waals surface area (Å²) in [4.78, 5) is 35.6. The van der Waals surface area contributed by atoms with Crippen molar-refractivity contribution in [3.05, 3.63) is 29.8 Å². The van der Waals surface area contributed by atoms with Crippen LogP contribution in [0.4, 0.5) is 0 Å². The van der Waals surface area contributed by atoms with Gasteiger partial charge in [0.2, 0.25) is 0 Å². The molecular formula is C19H24N2O6. The van der Waals surface area contributed by atoms with E-state index < -0.39 is 36.6 Å². The Kier molecular flexibility index (Phi) is 8.79. The van der Waals surface area contributed by atoms with Gasteiger partial charge in [0.15, 0.2) is 12.7 Å². The highest BCUT2D eigenvalue weighted by Crippen LogP contribution is 2.14. The van der Waals surface area contributed by atoms with Gasteiger partial charge in [0, 0.05) is 0 Å². The number of carbonyl (C=O) groups is 3. The standard InChI is InChI=1S/C19H24N2O6/c1-12(2)9-16(19(24)25-4)21-17(22)11-26-18(23)13(3)27-15-7-5-14(10-20)6-8-15/h5-8,12-13,16H,9,11H2,1-4H3,(H,21,22)/t13-,16-/m0/s1. The first kappa shape index (κ1) is 22.0. The van der Waals surface area contributed by atoms with Gasteiger partial charge in [-0.25, -0.2) is 9.59 Å². The van der Waals surface area contributed by atoms with Crippen LogP contribution in [-0.2, 0) is 23.9 Å². The molecule has 146 valence electrons. The Balaban J connectivity index is 2.49. The number of esters is 2. The summed E-state index contributed by atoms with van der Waals surface area (Å²) in [5, 5.41) is 11.2. The Labute approximate surface area is 158 Å². The lowest BCUT2D eigenvalue weighted by Gasteiger charge is -2.18. The number of methoxy groups -OCH3 is 1. The first-order valence-electron chi connectivity index (χ1n) is 8.47. The van der Waals surface area contributed by atoms with Crippen LogP contribution in [0.2, 0.25) is 0 Å². The summed E-state index contributed by atoms with van der Waals surface area (Å²) in [5.41, 5.74) is 0.468. The van der Waals surface area contributed by atoms with Crippen molar-refractivity contribution in [3.8, 4) is 11.8 Å². The van der Waals surface area contributed by atoms with E-state index in [-0.39, 0.29) is 5.92 Å². The smallest absolute Gasteiger partial charge is 0.347 e. The number of benzene rings is 1. The molecule has 0 aliphatic rings. The van der Waals surface area contributed by atoms with Gasteiger partial charge in [-0.1, -0.05) is 13.8 Å². The lowest BCUT2D eigenvalue weighted by atomic mass is 10.0. The van der Waals surface area contributed by atoms with Crippen molar-refractivity contribution in [1.82, 2.24) is 5.32 Å². The number of nitrogens with one attached hydrogen (secondary N) is 1. The highest BCUT2D eigenvalue weighted by atomic mass is 16.6. The van der Waals surface area contributed by atoms with Crippen LogP contribution in [0.3, 0.4) is 0 Å². The van der Waals surface area contributed by atoms with E-state index in [4.69, 9.17) is 14.7 Å². The van der Waals surface area contributed by atoms with E-state index >= 15 is 0 Å². The maximum Gasteiger partial charge on any atom is 0.347 e. The maximum absolute atomic E-state index is 12.0. The van der Waals surface area contributed by atoms with Gasteiger partial charge in [0.1, 0.15) is 11.8 Å². The fraction of sp³-hybridized carbons (Fsp3) is 0.474. The Morgan fingerprint density at radius 2 is 1.74 bits per heavy atom. The van der Waals surface area contributed by atoms with Crippen LogP contribution in [0.15, 0.2) is 24.3 Å². The van der Waals surface area contributed by atoms with Gasteiger partial charge in [-0.15, -0.1) is 0 Å². The van der Waals surface area contributed by atoms with Crippen molar-refractivity contribution in [3.63, 3.8) is 0 Å². The number of ether oxygens (including phenoxy) is 3. The lowest BCUT2D eigenvalue weighted by Crippen LogP contribution is -2.44. The molecule has 0 aromatic heterocycles. The molecule has 0 spiro atoms. The number of rotatable bonds is 9. The van der Waals surface area contributed by atoms with Crippen molar-refractivity contribution in [1.29, 1.82) is 5.26 Å². The van der Waals surface area contributed by atoms with E-state index in [2.05, 4.69) is 10.1 Å². The molecule has 0 fully saturated rings. The van der Waals surface area contributed by atoms with E-state index in [0.717, 1.165) is 0 Å². The highest BCUT2D eigenvalue weighted by Gasteiger charge is 2.24. The van der Waals surface area contributed by atoms with E-state index in [1.165, 1.54) is 14.0 Å². The number of amides is 1. The Hall–Kier alpha value is -3.08. The first-order valence-corrected chi connectivity index (χ1v) is 8.47. The van der Waals surface area contributed by atoms with Gasteiger partial charge in [-0.2, -0.15) is 5.26 Å². The predicted molar refractivity (Wildman–Crippen MR) is 95.6 cm³/mol. The maximum atomic E-state index is 12.0. The number of nitrogens with zero attached hydrogens (tertiary/aromatic N) is 1. The summed E-state index contributed by atoms with van der Waals surface area (Å²) in [6.45, 7) is 4.76. The minimum atomic E-state index is -0.946. The van der Waals surface area contributed by atoms with E-state index in [9.17, 15) is 14.4 Å². The summed E-state index contributed by atoms with van der Waals surface area (Å²) in [7, 11) is 1.24. The van der Waals surface area contributed by atoms with Crippen molar-refractivity contribution in [2.24, 2.45) is 5.92 Å². The highest BCUT2D eigenvalue weighted by molar-refractivity contribution is 5.86. The van der Waals surface area contributed by atoms with Gasteiger partial charge < -0.3 is 19.5 Å². The Morgan fingerprint density at radius 3 is 2.26 bits per heavy atom. The van der Waals surface area contributed by atoms with Gasteiger partial charge in [0.05, 0.1) is 18.7 Å². The molecule has 8 heteroatoms. The zero-order valence-corrected chi connectivity index (χ0v) is 15.9. The van der Waals surface area contributed by atoms with E-state index in [1.807, 2.05) is 19.9 Å². The van der Waals surface area contributed by atoms with E-state index in [1.54, 1.807) is 24.3 Å². The molecule has 0 bridgehead atoms. The van der Waals surface area contributed by atoms with Crippen molar-refractivity contribution in [2.75, 3.05) is 13.7 Å². The minimum Gasteiger partial charge on any atom is -0.479 e. The normalized spacial score (nSPS) is 12.4. The molecule has 2 atom stereocenters. The molecule has 27 heavy (non-hydrogen) atoms. The van der Waals surface area contributed by atoms with Crippen LogP contribution in [0.25, 0.3) is 0 Å². The molecule has 0 heterocycles. The van der Waals surface area contributed by atoms with Crippen LogP contribution in [-0.4, -0.2) is 43.7 Å². The van der Waals surface area contributed by atoms with Gasteiger partial charge in [-0.05, 0) is 43.5 Å². The zero-order chi connectivity index (χ0) is 20.4. The molecule has 1 aromatic rings. The van der Waals surface area contributed by atoms with Crippen LogP contribution in [0.5, 0.6) is 5.75 Å². The van der Waals surface area contributed by atoms with Crippen LogP contribution in [0, 0.1) is 17.2 Å². The Morgan fingerprint density at radius 1 is 1.11 bits per heavy atom. The molecule has 0 aliphatic carbocycles. The second-order valence-corrected chi connectivity index (χ2v) is 6.28. The summed E-state index contributed by atoms with van der Waals surface area (Å²) in [6, 6.07) is 7.41. The molecule has 0 saturated heterocycles. The third kappa shape index (κ3) is 7.77. The minimum absolute atomic E-state index is 0.165. The molecule has 8 nitrogen and oxygen atoms in total. The number of nitriles is 1. The SMILES string of the molecule is COC(=O)[C@H](CC(C)C)NC(=O)COC(=O)[C@H](C)Oc1ccc(C#N)cc1. The van der Waals surface area contributed by atoms with Crippen molar-refractivity contribution < 1.29 is 28.6 Å². The predicted octanol–water partition coefficient (Wildman–Crippen LogP) is 1.57. The number of carbonyl (C=O) groups excluding carboxylic acids is 3. The molecule has 0 saturated carbocycles. The van der Waals surface area contributed by atoms with Crippen molar-refractivity contribution >= 4 is 17.8 Å². The molecule has 0 unspecified atom stereocenters. The van der Waals surface area contributed by atoms with Crippen LogP contribution >= 0.6 is 0 Å². The molecule has 1 N–H and O–H groups in total. The topological polar surface area (TPSA) is 115 Å². The average Bonchev–Trinajstić information content (AvgIpc) is 2.65. The van der Waals surface area contributed by atoms with Crippen molar-refractivity contribution in [2.45, 2.75) is 39.3 Å². The monoisotopic (exact) mass is 376 g/mol. The van der Waals surface area contributed by atoms with Gasteiger partial charge in [0.25, 0.3) is 5.91 Å². The molecule has 0 aliphatic heterocycles. The second kappa shape index (κ2) is 10.8. The lowest BCUT2D eigenvalue weighted by molar-refractivity contribution is -0.155. The van der Waals surface area contributed by atoms with Gasteiger partial charge in [-0.3, -0.25) is 4.79 Å². The number of hydrogen-bond acceptors (Lipinski definition) is 7. The largest absolute Gasteiger partial charge is 0.479 e. The average molecular weight is 376 g/mol. The fourth-order valence-electron chi connectivity index (χ4n) is 2.18. The quantitative estimate of drug-likeness (QED) is 0.651. The molecular weight excluding hydrogens is 352 g/mol. The molecule has 1 rings (SSSR count). The molecule has 1 amide bonds. The first-order chi connectivity index (χ1) is 12.8. The van der Waals surface area contributed by atoms with E-state index in [0.29, 0.717) is 17.7 Å². The third-order valence-corrected chi connectivity index (χ3v) is 3.50. The van der Waals surface area contributed by atoms with Gasteiger partial charge >= 0.3 is 11.9 Å². The van der Waals surface area contributed by atoms with Crippen LogP contribution < -0.4 is 10.1 Å². The summed E-state index contributed by atoms with van der Waals surface area (Å²) >= 11 is 0. The molecule has 1 aromatic carbocycles. The Bertz CT molecular complexity index is 693. The molecule has 0 radical (unpaired) electrons. The number of hydrogen-bond donors (Lipinski definition) is 1. The summed E-state index contributed by atoms with van der Waals surface area (Å²) in [6.07, 6.45) is -0.539. The summed E-state index contributed by atoms with van der Waals surface area (Å²) in [5.74, 6) is -1.33.